The van der Waals surface area contributed by atoms with Crippen LogP contribution in [0.5, 0.6) is 0 Å². The van der Waals surface area contributed by atoms with E-state index in [0.717, 1.165) is 29.0 Å². The molecule has 0 unspecified atom stereocenters. The molecule has 7 heteroatoms. The highest BCUT2D eigenvalue weighted by Gasteiger charge is 2.11. The normalized spacial score (nSPS) is 10.7. The van der Waals surface area contributed by atoms with Gasteiger partial charge in [-0.3, -0.25) is 14.8 Å². The minimum Gasteiger partial charge on any atom is -0.311 e. The summed E-state index contributed by atoms with van der Waals surface area (Å²) < 4.78 is 0. The third-order valence-corrected chi connectivity index (χ3v) is 5.02. The van der Waals surface area contributed by atoms with E-state index < -0.39 is 5.91 Å². The molecule has 3 aromatic rings. The molecule has 3 N–H and O–H groups in total. The van der Waals surface area contributed by atoms with Gasteiger partial charge in [-0.2, -0.15) is 5.10 Å². The molecule has 0 radical (unpaired) electrons. The van der Waals surface area contributed by atoms with Gasteiger partial charge in [0.25, 0.3) is 0 Å². The number of hydrogen-bond donors (Lipinski definition) is 3. The van der Waals surface area contributed by atoms with E-state index in [1.165, 1.54) is 0 Å². The molecule has 3 rings (SSSR count). The molecule has 2 amide bonds. The van der Waals surface area contributed by atoms with Crippen molar-refractivity contribution in [1.29, 1.82) is 0 Å². The van der Waals surface area contributed by atoms with Crippen molar-refractivity contribution < 1.29 is 14.8 Å². The molecular weight excluding hydrogens is 416 g/mol. The van der Waals surface area contributed by atoms with Crippen LogP contribution in [0.15, 0.2) is 90.0 Å². The Bertz CT molecular complexity index is 999. The molecule has 7 nitrogen and oxygen atoms in total. The van der Waals surface area contributed by atoms with Crippen molar-refractivity contribution in [1.82, 2.24) is 10.9 Å². The Morgan fingerprint density at radius 2 is 1.24 bits per heavy atom. The summed E-state index contributed by atoms with van der Waals surface area (Å²) in [6.45, 7) is 0. The van der Waals surface area contributed by atoms with Crippen LogP contribution in [0.25, 0.3) is 0 Å². The molecule has 0 aromatic heterocycles. The Kier molecular flexibility index (Phi) is 9.17. The van der Waals surface area contributed by atoms with E-state index in [9.17, 15) is 9.59 Å². The van der Waals surface area contributed by atoms with Crippen molar-refractivity contribution in [2.24, 2.45) is 5.10 Å². The lowest BCUT2D eigenvalue weighted by Gasteiger charge is -2.25. The van der Waals surface area contributed by atoms with Crippen molar-refractivity contribution in [2.75, 3.05) is 4.90 Å². The van der Waals surface area contributed by atoms with E-state index >= 15 is 0 Å². The van der Waals surface area contributed by atoms with E-state index in [1.54, 1.807) is 11.7 Å². The lowest BCUT2D eigenvalue weighted by molar-refractivity contribution is -0.129. The van der Waals surface area contributed by atoms with Crippen molar-refractivity contribution in [2.45, 2.75) is 32.1 Å². The maximum absolute atomic E-state index is 11.9. The third-order valence-electron chi connectivity index (χ3n) is 5.02. The summed E-state index contributed by atoms with van der Waals surface area (Å²) in [6.07, 6.45) is 4.20. The average Bonchev–Trinajstić information content (AvgIpc) is 2.86. The summed E-state index contributed by atoms with van der Waals surface area (Å²) in [5.41, 5.74) is 8.14. The molecular formula is C26H28N4O3. The van der Waals surface area contributed by atoms with Crippen LogP contribution in [0.4, 0.5) is 17.1 Å². The number of carbonyl (C=O) groups is 2. The molecule has 33 heavy (non-hydrogen) atoms. The van der Waals surface area contributed by atoms with Gasteiger partial charge < -0.3 is 4.90 Å². The predicted molar refractivity (Wildman–Crippen MR) is 130 cm³/mol. The Morgan fingerprint density at radius 1 is 0.727 bits per heavy atom. The van der Waals surface area contributed by atoms with Gasteiger partial charge in [0.1, 0.15) is 0 Å². The number of unbranched alkanes of at least 4 members (excludes halogenated alkanes) is 2. The Labute approximate surface area is 193 Å². The number of hydrazone groups is 1. The quantitative estimate of drug-likeness (QED) is 0.167. The molecule has 0 spiro atoms. The fourth-order valence-corrected chi connectivity index (χ4v) is 3.35. The van der Waals surface area contributed by atoms with Gasteiger partial charge in [-0.1, -0.05) is 55.0 Å². The number of nitrogens with zero attached hydrogens (tertiary/aromatic N) is 2. The van der Waals surface area contributed by atoms with E-state index in [0.29, 0.717) is 19.3 Å². The Hall–Kier alpha value is -3.97. The molecule has 0 atom stereocenters. The second-order valence-electron chi connectivity index (χ2n) is 7.49. The largest absolute Gasteiger partial charge is 0.311 e. The molecule has 0 aliphatic carbocycles. The highest BCUT2D eigenvalue weighted by molar-refractivity contribution is 5.84. The number of anilines is 3. The number of carbonyl (C=O) groups excluding carboxylic acids is 2. The fourth-order valence-electron chi connectivity index (χ4n) is 3.35. The van der Waals surface area contributed by atoms with Crippen molar-refractivity contribution >= 4 is 35.1 Å². The number of hydroxylamine groups is 1. The summed E-state index contributed by atoms with van der Waals surface area (Å²) >= 11 is 0. The Balaban J connectivity index is 1.55. The number of rotatable bonds is 11. The Morgan fingerprint density at radius 3 is 1.79 bits per heavy atom. The smallest absolute Gasteiger partial charge is 0.243 e. The van der Waals surface area contributed by atoms with Crippen LogP contribution in [-0.2, 0) is 9.59 Å². The van der Waals surface area contributed by atoms with Crippen molar-refractivity contribution in [3.63, 3.8) is 0 Å². The van der Waals surface area contributed by atoms with Gasteiger partial charge in [0.05, 0.1) is 6.21 Å². The molecule has 0 saturated carbocycles. The standard InChI is InChI=1S/C26H28N4O3/c31-25(14-8-3-9-15-26(32)29-33)28-27-20-21-16-18-24(19-17-21)30(22-10-4-1-5-11-22)23-12-6-2-7-13-23/h1-2,4-7,10-13,16-20,33H,3,8-9,14-15H2,(H,28,31)(H,29,32)/b27-20+. The van der Waals surface area contributed by atoms with Gasteiger partial charge in [-0.25, -0.2) is 10.9 Å². The van der Waals surface area contributed by atoms with Crippen LogP contribution in [0, 0.1) is 0 Å². The van der Waals surface area contributed by atoms with Crippen LogP contribution in [0.1, 0.15) is 37.7 Å². The highest BCUT2D eigenvalue weighted by Crippen LogP contribution is 2.33. The summed E-state index contributed by atoms with van der Waals surface area (Å²) in [5, 5.41) is 12.5. The summed E-state index contributed by atoms with van der Waals surface area (Å²) in [4.78, 5) is 25.0. The van der Waals surface area contributed by atoms with Gasteiger partial charge in [-0.15, -0.1) is 0 Å². The lowest BCUT2D eigenvalue weighted by Crippen LogP contribution is -2.18. The molecule has 3 aromatic carbocycles. The highest BCUT2D eigenvalue weighted by atomic mass is 16.5. The number of nitrogens with one attached hydrogen (secondary N) is 2. The van der Waals surface area contributed by atoms with E-state index in [4.69, 9.17) is 5.21 Å². The first-order valence-corrected chi connectivity index (χ1v) is 10.9. The number of benzene rings is 3. The van der Waals surface area contributed by atoms with E-state index in [2.05, 4.69) is 39.7 Å². The molecule has 0 aliphatic heterocycles. The summed E-state index contributed by atoms with van der Waals surface area (Å²) in [6, 6.07) is 28.3. The molecule has 0 saturated heterocycles. The van der Waals surface area contributed by atoms with Gasteiger partial charge in [0, 0.05) is 29.9 Å². The van der Waals surface area contributed by atoms with E-state index in [-0.39, 0.29) is 12.3 Å². The summed E-state index contributed by atoms with van der Waals surface area (Å²) in [5.74, 6) is -0.584. The molecule has 0 fully saturated rings. The van der Waals surface area contributed by atoms with Crippen LogP contribution in [-0.4, -0.2) is 23.2 Å². The zero-order valence-corrected chi connectivity index (χ0v) is 18.4. The van der Waals surface area contributed by atoms with Gasteiger partial charge in [-0.05, 0) is 54.8 Å². The van der Waals surface area contributed by atoms with Gasteiger partial charge >= 0.3 is 0 Å². The summed E-state index contributed by atoms with van der Waals surface area (Å²) in [7, 11) is 0. The molecule has 170 valence electrons. The minimum atomic E-state index is -0.411. The third kappa shape index (κ3) is 7.59. The number of para-hydroxylation sites is 2. The van der Waals surface area contributed by atoms with Crippen molar-refractivity contribution in [3.8, 4) is 0 Å². The second-order valence-corrected chi connectivity index (χ2v) is 7.49. The zero-order chi connectivity index (χ0) is 23.3. The average molecular weight is 445 g/mol. The van der Waals surface area contributed by atoms with Crippen LogP contribution >= 0.6 is 0 Å². The van der Waals surface area contributed by atoms with Crippen LogP contribution in [0.3, 0.4) is 0 Å². The fraction of sp³-hybridized carbons (Fsp3) is 0.192. The maximum atomic E-state index is 11.9. The lowest BCUT2D eigenvalue weighted by atomic mass is 10.1. The monoisotopic (exact) mass is 444 g/mol. The van der Waals surface area contributed by atoms with Crippen LogP contribution in [0.2, 0.25) is 0 Å². The first-order chi connectivity index (χ1) is 16.2. The zero-order valence-electron chi connectivity index (χ0n) is 18.4. The molecule has 0 heterocycles. The van der Waals surface area contributed by atoms with Gasteiger partial charge in [0.2, 0.25) is 11.8 Å². The van der Waals surface area contributed by atoms with Crippen molar-refractivity contribution in [3.05, 3.63) is 90.5 Å². The van der Waals surface area contributed by atoms with E-state index in [1.807, 2.05) is 60.7 Å². The molecule has 0 aliphatic rings. The first-order valence-electron chi connectivity index (χ1n) is 10.9. The number of hydrogen-bond acceptors (Lipinski definition) is 5. The maximum Gasteiger partial charge on any atom is 0.243 e. The topological polar surface area (TPSA) is 94.0 Å². The van der Waals surface area contributed by atoms with Gasteiger partial charge in [0.15, 0.2) is 0 Å². The SMILES string of the molecule is O=C(CCCCCC(=O)N/N=C/c1ccc(N(c2ccccc2)c2ccccc2)cc1)NO. The molecule has 0 bridgehead atoms. The first kappa shape index (κ1) is 23.7. The second kappa shape index (κ2) is 12.8. The van der Waals surface area contributed by atoms with Crippen LogP contribution < -0.4 is 15.8 Å². The minimum absolute atomic E-state index is 0.172. The number of amides is 2. The predicted octanol–water partition coefficient (Wildman–Crippen LogP) is 5.06.